The zero-order valence-corrected chi connectivity index (χ0v) is 16.5. The summed E-state index contributed by atoms with van der Waals surface area (Å²) in [6.07, 6.45) is -3.79. The van der Waals surface area contributed by atoms with E-state index in [1.54, 1.807) is 12.1 Å². The summed E-state index contributed by atoms with van der Waals surface area (Å²) in [5.74, 6) is -1.03. The number of carbonyl (C=O) groups is 1. The molecular weight excluding hydrogens is 438 g/mol. The summed E-state index contributed by atoms with van der Waals surface area (Å²) >= 11 is 0. The first-order valence-electron chi connectivity index (χ1n) is 9.71. The van der Waals surface area contributed by atoms with Gasteiger partial charge in [-0.3, -0.25) is 4.90 Å². The second kappa shape index (κ2) is 8.83. The number of nitrogens with zero attached hydrogens (tertiary/aromatic N) is 1. The van der Waals surface area contributed by atoms with Gasteiger partial charge in [-0.15, -0.1) is 8.78 Å². The normalized spacial score (nSPS) is 21.8. The second-order valence-corrected chi connectivity index (χ2v) is 7.43. The highest BCUT2D eigenvalue weighted by Crippen LogP contribution is 2.43. The van der Waals surface area contributed by atoms with Crippen LogP contribution >= 0.6 is 0 Å². The van der Waals surface area contributed by atoms with Gasteiger partial charge in [0.05, 0.1) is 12.2 Å². The number of aromatic carboxylic acids is 1. The minimum Gasteiger partial charge on any atom is -0.489 e. The fourth-order valence-corrected chi connectivity index (χ4v) is 3.76. The van der Waals surface area contributed by atoms with Gasteiger partial charge in [0.1, 0.15) is 11.9 Å². The van der Waals surface area contributed by atoms with E-state index in [0.717, 1.165) is 5.56 Å². The number of halogens is 4. The highest BCUT2D eigenvalue weighted by atomic mass is 19.3. The van der Waals surface area contributed by atoms with Crippen molar-refractivity contribution in [1.82, 2.24) is 4.90 Å². The van der Waals surface area contributed by atoms with Gasteiger partial charge in [0, 0.05) is 31.6 Å². The number of carboxylic acid groups (broad SMARTS) is 1. The molecule has 0 spiro atoms. The average Bonchev–Trinajstić information content (AvgIpc) is 3.24. The van der Waals surface area contributed by atoms with Crippen molar-refractivity contribution >= 4 is 5.97 Å². The maximum atomic E-state index is 13.2. The van der Waals surface area contributed by atoms with Gasteiger partial charge in [0.15, 0.2) is 11.5 Å². The number of hydrogen-bond acceptors (Lipinski definition) is 6. The van der Waals surface area contributed by atoms with Crippen LogP contribution in [0.15, 0.2) is 42.5 Å². The molecule has 2 aliphatic heterocycles. The summed E-state index contributed by atoms with van der Waals surface area (Å²) in [7, 11) is 0. The lowest BCUT2D eigenvalue weighted by atomic mass is 10.1. The third-order valence-electron chi connectivity index (χ3n) is 5.17. The Bertz CT molecular complexity index is 971. The molecule has 1 fully saturated rings. The van der Waals surface area contributed by atoms with E-state index in [-0.39, 0.29) is 35.5 Å². The van der Waals surface area contributed by atoms with E-state index in [2.05, 4.69) is 14.2 Å². The van der Waals surface area contributed by atoms with E-state index < -0.39 is 25.0 Å². The van der Waals surface area contributed by atoms with Crippen LogP contribution in [0, 0.1) is 0 Å². The van der Waals surface area contributed by atoms with Crippen molar-refractivity contribution < 1.29 is 46.4 Å². The Hall–Kier alpha value is -3.05. The molecule has 2 heterocycles. The van der Waals surface area contributed by atoms with Crippen molar-refractivity contribution in [2.75, 3.05) is 13.2 Å². The molecule has 2 aliphatic rings. The Labute approximate surface area is 180 Å². The average molecular weight is 457 g/mol. The van der Waals surface area contributed by atoms with Crippen LogP contribution in [0.4, 0.5) is 17.6 Å². The summed E-state index contributed by atoms with van der Waals surface area (Å²) in [6, 6.07) is 9.91. The van der Waals surface area contributed by atoms with Crippen LogP contribution in [0.3, 0.4) is 0 Å². The standard InChI is InChI=1S/C21H19F4NO6/c22-20(23)29-11-14-7-16(10-26(14)9-12-1-3-13(4-2-12)19(27)28)30-15-5-6-17-18(8-15)32-21(24,25)31-17/h1-6,8,14,16,20H,7,9-11H2,(H,27,28)/t14-,16-/m0/s1. The molecule has 0 saturated carbocycles. The van der Waals surface area contributed by atoms with Crippen LogP contribution in [0.25, 0.3) is 0 Å². The molecule has 32 heavy (non-hydrogen) atoms. The third-order valence-corrected chi connectivity index (χ3v) is 5.17. The largest absolute Gasteiger partial charge is 0.586 e. The maximum Gasteiger partial charge on any atom is 0.586 e. The van der Waals surface area contributed by atoms with Crippen molar-refractivity contribution in [3.8, 4) is 17.2 Å². The Morgan fingerprint density at radius 1 is 1.16 bits per heavy atom. The van der Waals surface area contributed by atoms with E-state index in [1.807, 2.05) is 4.90 Å². The van der Waals surface area contributed by atoms with Crippen molar-refractivity contribution in [1.29, 1.82) is 0 Å². The summed E-state index contributed by atoms with van der Waals surface area (Å²) in [5, 5.41) is 9.01. The highest BCUT2D eigenvalue weighted by Gasteiger charge is 2.43. The predicted octanol–water partition coefficient (Wildman–Crippen LogP) is 3.97. The molecular formula is C21H19F4NO6. The molecule has 0 aliphatic carbocycles. The molecule has 2 aromatic carbocycles. The van der Waals surface area contributed by atoms with E-state index in [9.17, 15) is 22.4 Å². The van der Waals surface area contributed by atoms with Gasteiger partial charge in [0.25, 0.3) is 0 Å². The predicted molar refractivity (Wildman–Crippen MR) is 101 cm³/mol. The number of carboxylic acids is 1. The molecule has 0 aromatic heterocycles. The van der Waals surface area contributed by atoms with Gasteiger partial charge in [-0.05, 0) is 29.8 Å². The zero-order chi connectivity index (χ0) is 22.9. The fourth-order valence-electron chi connectivity index (χ4n) is 3.76. The number of benzene rings is 2. The number of rotatable bonds is 8. The Morgan fingerprint density at radius 2 is 1.88 bits per heavy atom. The van der Waals surface area contributed by atoms with E-state index >= 15 is 0 Å². The SMILES string of the molecule is O=C(O)c1ccc(CN2C[C@@H](Oc3ccc4c(c3)OC(F)(F)O4)C[C@H]2COC(F)F)cc1. The molecule has 0 unspecified atom stereocenters. The van der Waals surface area contributed by atoms with Crippen LogP contribution in [-0.4, -0.2) is 54.2 Å². The van der Waals surface area contributed by atoms with Gasteiger partial charge in [0.2, 0.25) is 0 Å². The maximum absolute atomic E-state index is 13.2. The minimum atomic E-state index is -3.74. The lowest BCUT2D eigenvalue weighted by Gasteiger charge is -2.23. The zero-order valence-electron chi connectivity index (χ0n) is 16.5. The van der Waals surface area contributed by atoms with Gasteiger partial charge < -0.3 is 24.1 Å². The van der Waals surface area contributed by atoms with Crippen molar-refractivity contribution in [2.24, 2.45) is 0 Å². The van der Waals surface area contributed by atoms with Crippen LogP contribution < -0.4 is 14.2 Å². The summed E-state index contributed by atoms with van der Waals surface area (Å²) in [5.41, 5.74) is 0.936. The lowest BCUT2D eigenvalue weighted by molar-refractivity contribution is -0.286. The smallest absolute Gasteiger partial charge is 0.489 e. The lowest BCUT2D eigenvalue weighted by Crippen LogP contribution is -2.33. The van der Waals surface area contributed by atoms with Gasteiger partial charge in [-0.1, -0.05) is 12.1 Å². The summed E-state index contributed by atoms with van der Waals surface area (Å²) in [6.45, 7) is -2.41. The van der Waals surface area contributed by atoms with Crippen LogP contribution in [-0.2, 0) is 11.3 Å². The van der Waals surface area contributed by atoms with Crippen molar-refractivity contribution in [2.45, 2.75) is 38.0 Å². The topological polar surface area (TPSA) is 77.5 Å². The first-order valence-corrected chi connectivity index (χ1v) is 9.71. The molecule has 4 rings (SSSR count). The van der Waals surface area contributed by atoms with Gasteiger partial charge >= 0.3 is 18.9 Å². The summed E-state index contributed by atoms with van der Waals surface area (Å²) in [4.78, 5) is 12.9. The van der Waals surface area contributed by atoms with Gasteiger partial charge in [-0.25, -0.2) is 4.79 Å². The van der Waals surface area contributed by atoms with Crippen LogP contribution in [0.1, 0.15) is 22.3 Å². The number of fused-ring (bicyclic) bond motifs is 1. The molecule has 172 valence electrons. The quantitative estimate of drug-likeness (QED) is 0.601. The first-order chi connectivity index (χ1) is 15.2. The first kappa shape index (κ1) is 22.2. The number of alkyl halides is 4. The molecule has 1 N–H and O–H groups in total. The monoisotopic (exact) mass is 457 g/mol. The van der Waals surface area contributed by atoms with E-state index in [0.29, 0.717) is 19.5 Å². The van der Waals surface area contributed by atoms with Gasteiger partial charge in [-0.2, -0.15) is 8.78 Å². The molecule has 0 amide bonds. The minimum absolute atomic E-state index is 0.108. The molecule has 1 saturated heterocycles. The molecule has 11 heteroatoms. The fraction of sp³-hybridized carbons (Fsp3) is 0.381. The van der Waals surface area contributed by atoms with Crippen LogP contribution in [0.5, 0.6) is 17.2 Å². The molecule has 7 nitrogen and oxygen atoms in total. The van der Waals surface area contributed by atoms with E-state index in [4.69, 9.17) is 9.84 Å². The van der Waals surface area contributed by atoms with E-state index in [1.165, 1.54) is 30.3 Å². The Balaban J connectivity index is 1.43. The van der Waals surface area contributed by atoms with Crippen LogP contribution in [0.2, 0.25) is 0 Å². The molecule has 2 atom stereocenters. The third kappa shape index (κ3) is 5.22. The second-order valence-electron chi connectivity index (χ2n) is 7.43. The number of likely N-dealkylation sites (tertiary alicyclic amines) is 1. The molecule has 0 radical (unpaired) electrons. The van der Waals surface area contributed by atoms with Crippen molar-refractivity contribution in [3.05, 3.63) is 53.6 Å². The molecule has 0 bridgehead atoms. The van der Waals surface area contributed by atoms with Crippen molar-refractivity contribution in [3.63, 3.8) is 0 Å². The number of hydrogen-bond donors (Lipinski definition) is 1. The highest BCUT2D eigenvalue weighted by molar-refractivity contribution is 5.87. The Morgan fingerprint density at radius 3 is 2.56 bits per heavy atom. The number of ether oxygens (including phenoxy) is 4. The summed E-state index contributed by atoms with van der Waals surface area (Å²) < 4.78 is 70.7. The Kier molecular flexibility index (Phi) is 6.11. The molecule has 2 aromatic rings.